The summed E-state index contributed by atoms with van der Waals surface area (Å²) in [4.78, 5) is 14.8. The van der Waals surface area contributed by atoms with Crippen molar-refractivity contribution in [2.24, 2.45) is 5.41 Å². The molecule has 0 aliphatic heterocycles. The number of thiazole rings is 1. The average molecular weight is 284 g/mol. The molecule has 1 rings (SSSR count). The Balaban J connectivity index is 2.30. The summed E-state index contributed by atoms with van der Waals surface area (Å²) in [7, 11) is 0. The van der Waals surface area contributed by atoms with E-state index in [2.05, 4.69) is 31.1 Å². The summed E-state index contributed by atoms with van der Waals surface area (Å²) in [6.45, 7) is 8.31. The predicted octanol–water partition coefficient (Wildman–Crippen LogP) is 3.54. The van der Waals surface area contributed by atoms with Gasteiger partial charge in [0.05, 0.1) is 5.69 Å². The fourth-order valence-corrected chi connectivity index (χ4v) is 2.61. The molecule has 0 aliphatic rings. The quantitative estimate of drug-likeness (QED) is 0.681. The predicted molar refractivity (Wildman–Crippen MR) is 78.7 cm³/mol. The minimum absolute atomic E-state index is 0.166. The van der Waals surface area contributed by atoms with Crippen LogP contribution >= 0.6 is 11.3 Å². The van der Waals surface area contributed by atoms with E-state index in [1.54, 1.807) is 5.38 Å². The SMILES string of the molecule is CCCCCC(C)(C)CNCc1csc(C(=O)O)n1. The van der Waals surface area contributed by atoms with Crippen molar-refractivity contribution in [3.63, 3.8) is 0 Å². The maximum atomic E-state index is 10.7. The lowest BCUT2D eigenvalue weighted by Gasteiger charge is -2.24. The zero-order valence-electron chi connectivity index (χ0n) is 12.0. The number of rotatable bonds is 9. The molecule has 0 radical (unpaired) electrons. The number of hydrogen-bond donors (Lipinski definition) is 2. The Labute approximate surface area is 119 Å². The van der Waals surface area contributed by atoms with Gasteiger partial charge in [-0.25, -0.2) is 9.78 Å². The third kappa shape index (κ3) is 6.16. The Kier molecular flexibility index (Phi) is 6.45. The van der Waals surface area contributed by atoms with Crippen molar-refractivity contribution in [2.45, 2.75) is 53.0 Å². The third-order valence-electron chi connectivity index (χ3n) is 3.10. The minimum atomic E-state index is -0.948. The lowest BCUT2D eigenvalue weighted by molar-refractivity contribution is 0.0696. The molecule has 0 aromatic carbocycles. The van der Waals surface area contributed by atoms with Gasteiger partial charge in [0, 0.05) is 18.5 Å². The highest BCUT2D eigenvalue weighted by atomic mass is 32.1. The van der Waals surface area contributed by atoms with Crippen LogP contribution in [-0.4, -0.2) is 22.6 Å². The second-order valence-corrected chi connectivity index (χ2v) is 6.53. The number of nitrogens with one attached hydrogen (secondary N) is 1. The van der Waals surface area contributed by atoms with Gasteiger partial charge in [-0.3, -0.25) is 0 Å². The van der Waals surface area contributed by atoms with Gasteiger partial charge in [-0.05, 0) is 11.8 Å². The van der Waals surface area contributed by atoms with E-state index in [4.69, 9.17) is 5.11 Å². The Hall–Kier alpha value is -0.940. The van der Waals surface area contributed by atoms with Gasteiger partial charge in [0.1, 0.15) is 0 Å². The first-order valence-electron chi connectivity index (χ1n) is 6.83. The average Bonchev–Trinajstić information content (AvgIpc) is 2.78. The van der Waals surface area contributed by atoms with Crippen LogP contribution in [0.15, 0.2) is 5.38 Å². The Morgan fingerprint density at radius 2 is 2.21 bits per heavy atom. The van der Waals surface area contributed by atoms with E-state index in [9.17, 15) is 4.79 Å². The molecular weight excluding hydrogens is 260 g/mol. The molecule has 0 saturated heterocycles. The molecule has 5 heteroatoms. The summed E-state index contributed by atoms with van der Waals surface area (Å²) in [5, 5.41) is 14.1. The molecule has 0 amide bonds. The van der Waals surface area contributed by atoms with Crippen LogP contribution in [0.3, 0.4) is 0 Å². The van der Waals surface area contributed by atoms with Crippen molar-refractivity contribution in [2.75, 3.05) is 6.54 Å². The summed E-state index contributed by atoms with van der Waals surface area (Å²) in [5.74, 6) is -0.948. The molecule has 0 spiro atoms. The number of hydrogen-bond acceptors (Lipinski definition) is 4. The summed E-state index contributed by atoms with van der Waals surface area (Å²) in [5.41, 5.74) is 1.09. The van der Waals surface area contributed by atoms with Crippen LogP contribution in [0.5, 0.6) is 0 Å². The number of aromatic carboxylic acids is 1. The smallest absolute Gasteiger partial charge is 0.365 e. The Bertz CT molecular complexity index is 402. The fourth-order valence-electron chi connectivity index (χ4n) is 1.96. The van der Waals surface area contributed by atoms with E-state index in [-0.39, 0.29) is 10.4 Å². The molecular formula is C14H24N2O2S. The van der Waals surface area contributed by atoms with Crippen LogP contribution < -0.4 is 5.32 Å². The number of carboxylic acid groups (broad SMARTS) is 1. The Morgan fingerprint density at radius 3 is 2.79 bits per heavy atom. The molecule has 19 heavy (non-hydrogen) atoms. The zero-order chi connectivity index (χ0) is 14.3. The molecule has 0 fully saturated rings. The topological polar surface area (TPSA) is 62.2 Å². The van der Waals surface area contributed by atoms with Gasteiger partial charge in [-0.15, -0.1) is 11.3 Å². The van der Waals surface area contributed by atoms with E-state index < -0.39 is 5.97 Å². The normalized spacial score (nSPS) is 11.7. The molecule has 0 atom stereocenters. The lowest BCUT2D eigenvalue weighted by atomic mass is 9.87. The zero-order valence-corrected chi connectivity index (χ0v) is 12.8. The van der Waals surface area contributed by atoms with E-state index in [0.717, 1.165) is 12.2 Å². The van der Waals surface area contributed by atoms with Gasteiger partial charge >= 0.3 is 5.97 Å². The van der Waals surface area contributed by atoms with Gasteiger partial charge in [-0.1, -0.05) is 40.0 Å². The van der Waals surface area contributed by atoms with E-state index in [1.807, 2.05) is 0 Å². The van der Waals surface area contributed by atoms with Crippen LogP contribution in [0.1, 0.15) is 62.0 Å². The molecule has 0 unspecified atom stereocenters. The molecule has 1 heterocycles. The van der Waals surface area contributed by atoms with Crippen molar-refractivity contribution < 1.29 is 9.90 Å². The van der Waals surface area contributed by atoms with Crippen LogP contribution in [0, 0.1) is 5.41 Å². The molecule has 4 nitrogen and oxygen atoms in total. The largest absolute Gasteiger partial charge is 0.476 e. The Morgan fingerprint density at radius 1 is 1.47 bits per heavy atom. The summed E-state index contributed by atoms with van der Waals surface area (Å²) in [6, 6.07) is 0. The van der Waals surface area contributed by atoms with Crippen molar-refractivity contribution in [3.05, 3.63) is 16.1 Å². The van der Waals surface area contributed by atoms with E-state index >= 15 is 0 Å². The molecule has 1 aromatic heterocycles. The van der Waals surface area contributed by atoms with Gasteiger partial charge in [0.25, 0.3) is 0 Å². The number of aromatic nitrogens is 1. The first-order chi connectivity index (χ1) is 8.94. The summed E-state index contributed by atoms with van der Waals surface area (Å²) in [6.07, 6.45) is 5.02. The molecule has 2 N–H and O–H groups in total. The van der Waals surface area contributed by atoms with Crippen LogP contribution in [0.4, 0.5) is 0 Å². The molecule has 108 valence electrons. The van der Waals surface area contributed by atoms with Crippen molar-refractivity contribution >= 4 is 17.3 Å². The third-order valence-corrected chi connectivity index (χ3v) is 3.98. The summed E-state index contributed by atoms with van der Waals surface area (Å²) >= 11 is 1.18. The molecule has 0 aliphatic carbocycles. The summed E-state index contributed by atoms with van der Waals surface area (Å²) < 4.78 is 0. The molecule has 0 saturated carbocycles. The van der Waals surface area contributed by atoms with Crippen LogP contribution in [-0.2, 0) is 6.54 Å². The highest BCUT2D eigenvalue weighted by Crippen LogP contribution is 2.22. The lowest BCUT2D eigenvalue weighted by Crippen LogP contribution is -2.29. The molecule has 0 bridgehead atoms. The van der Waals surface area contributed by atoms with Crippen molar-refractivity contribution in [1.82, 2.24) is 10.3 Å². The monoisotopic (exact) mass is 284 g/mol. The number of carbonyl (C=O) groups is 1. The van der Waals surface area contributed by atoms with Crippen LogP contribution in [0.2, 0.25) is 0 Å². The van der Waals surface area contributed by atoms with Crippen molar-refractivity contribution in [3.8, 4) is 0 Å². The van der Waals surface area contributed by atoms with Crippen LogP contribution in [0.25, 0.3) is 0 Å². The number of nitrogens with zero attached hydrogens (tertiary/aromatic N) is 1. The maximum absolute atomic E-state index is 10.7. The van der Waals surface area contributed by atoms with Gasteiger partial charge in [-0.2, -0.15) is 0 Å². The number of carboxylic acids is 1. The van der Waals surface area contributed by atoms with E-state index in [0.29, 0.717) is 6.54 Å². The van der Waals surface area contributed by atoms with Gasteiger partial charge < -0.3 is 10.4 Å². The second kappa shape index (κ2) is 7.60. The van der Waals surface area contributed by atoms with Gasteiger partial charge in [0.2, 0.25) is 5.01 Å². The van der Waals surface area contributed by atoms with Gasteiger partial charge in [0.15, 0.2) is 0 Å². The highest BCUT2D eigenvalue weighted by Gasteiger charge is 2.17. The van der Waals surface area contributed by atoms with E-state index in [1.165, 1.54) is 37.0 Å². The second-order valence-electron chi connectivity index (χ2n) is 5.67. The fraction of sp³-hybridized carbons (Fsp3) is 0.714. The standard InChI is InChI=1S/C14H24N2O2S/c1-4-5-6-7-14(2,3)10-15-8-11-9-19-12(16-11)13(17)18/h9,15H,4-8,10H2,1-3H3,(H,17,18). The molecule has 1 aromatic rings. The van der Waals surface area contributed by atoms with Crippen molar-refractivity contribution in [1.29, 1.82) is 0 Å². The minimum Gasteiger partial charge on any atom is -0.476 e. The highest BCUT2D eigenvalue weighted by molar-refractivity contribution is 7.11. The maximum Gasteiger partial charge on any atom is 0.365 e. The number of unbranched alkanes of at least 4 members (excludes halogenated alkanes) is 2. The first-order valence-corrected chi connectivity index (χ1v) is 7.71. The first kappa shape index (κ1) is 16.1.